The average molecular weight is 234 g/mol. The molecule has 0 amide bonds. The number of ether oxygens (including phenoxy) is 2. The predicted molar refractivity (Wildman–Crippen MR) is 65.5 cm³/mol. The molecule has 3 heteroatoms. The third-order valence-corrected chi connectivity index (χ3v) is 3.26. The molecule has 1 aliphatic rings. The first-order chi connectivity index (χ1) is 7.94. The second kappa shape index (κ2) is 4.06. The Labute approximate surface area is 102 Å². The van der Waals surface area contributed by atoms with Gasteiger partial charge < -0.3 is 9.47 Å². The molecule has 2 rings (SSSR count). The van der Waals surface area contributed by atoms with E-state index in [1.54, 1.807) is 6.07 Å². The van der Waals surface area contributed by atoms with Gasteiger partial charge in [0.25, 0.3) is 0 Å². The van der Waals surface area contributed by atoms with Gasteiger partial charge in [0.2, 0.25) is 0 Å². The average Bonchev–Trinajstić information content (AvgIpc) is 2.26. The maximum absolute atomic E-state index is 11.5. The van der Waals surface area contributed by atoms with Crippen molar-refractivity contribution in [1.82, 2.24) is 0 Å². The van der Waals surface area contributed by atoms with E-state index in [0.29, 0.717) is 5.56 Å². The highest BCUT2D eigenvalue weighted by Gasteiger charge is 2.33. The van der Waals surface area contributed by atoms with Crippen molar-refractivity contribution in [2.24, 2.45) is 0 Å². The number of benzene rings is 1. The number of rotatable bonds is 1. The molecule has 92 valence electrons. The van der Waals surface area contributed by atoms with Gasteiger partial charge in [-0.3, -0.25) is 0 Å². The van der Waals surface area contributed by atoms with Crippen LogP contribution in [0.15, 0.2) is 18.2 Å². The molecule has 1 unspecified atom stereocenters. The summed E-state index contributed by atoms with van der Waals surface area (Å²) in [5.74, 6) is 0.573. The van der Waals surface area contributed by atoms with Gasteiger partial charge in [-0.2, -0.15) is 0 Å². The van der Waals surface area contributed by atoms with Gasteiger partial charge in [0.05, 0.1) is 18.8 Å². The van der Waals surface area contributed by atoms with Gasteiger partial charge in [0, 0.05) is 5.56 Å². The Kier molecular flexibility index (Phi) is 2.86. The minimum atomic E-state index is -0.303. The fourth-order valence-electron chi connectivity index (χ4n) is 2.49. The molecule has 3 nitrogen and oxygen atoms in total. The number of fused-ring (bicyclic) bond motifs is 1. The Morgan fingerprint density at radius 2 is 2.18 bits per heavy atom. The summed E-state index contributed by atoms with van der Waals surface area (Å²) in [4.78, 5) is 11.5. The van der Waals surface area contributed by atoms with Crippen LogP contribution in [0.3, 0.4) is 0 Å². The van der Waals surface area contributed by atoms with Crippen LogP contribution in [-0.2, 0) is 10.2 Å². The van der Waals surface area contributed by atoms with Crippen molar-refractivity contribution < 1.29 is 14.3 Å². The quantitative estimate of drug-likeness (QED) is 0.701. The van der Waals surface area contributed by atoms with Gasteiger partial charge in [-0.1, -0.05) is 13.8 Å². The summed E-state index contributed by atoms with van der Waals surface area (Å²) in [7, 11) is 1.39. The number of carbonyl (C=O) groups is 1. The minimum absolute atomic E-state index is 0.0248. The van der Waals surface area contributed by atoms with E-state index >= 15 is 0 Å². The first kappa shape index (κ1) is 12.0. The topological polar surface area (TPSA) is 35.5 Å². The van der Waals surface area contributed by atoms with E-state index in [4.69, 9.17) is 9.47 Å². The van der Waals surface area contributed by atoms with Crippen molar-refractivity contribution >= 4 is 5.97 Å². The minimum Gasteiger partial charge on any atom is -0.490 e. The largest absolute Gasteiger partial charge is 0.490 e. The highest BCUT2D eigenvalue weighted by molar-refractivity contribution is 5.89. The maximum atomic E-state index is 11.5. The van der Waals surface area contributed by atoms with Crippen LogP contribution >= 0.6 is 0 Å². The van der Waals surface area contributed by atoms with Gasteiger partial charge in [-0.25, -0.2) is 4.79 Å². The van der Waals surface area contributed by atoms with E-state index < -0.39 is 0 Å². The van der Waals surface area contributed by atoms with Crippen LogP contribution in [0.1, 0.15) is 43.1 Å². The fourth-order valence-corrected chi connectivity index (χ4v) is 2.49. The van der Waals surface area contributed by atoms with Crippen molar-refractivity contribution in [3.8, 4) is 5.75 Å². The molecule has 0 aromatic heterocycles. The van der Waals surface area contributed by atoms with Gasteiger partial charge in [0.1, 0.15) is 5.75 Å². The second-order valence-electron chi connectivity index (χ2n) is 5.22. The van der Waals surface area contributed by atoms with E-state index in [0.717, 1.165) is 17.7 Å². The zero-order valence-corrected chi connectivity index (χ0v) is 10.7. The molecule has 0 spiro atoms. The molecule has 0 saturated heterocycles. The summed E-state index contributed by atoms with van der Waals surface area (Å²) in [6, 6.07) is 5.49. The van der Waals surface area contributed by atoms with Gasteiger partial charge >= 0.3 is 5.97 Å². The summed E-state index contributed by atoms with van der Waals surface area (Å²) in [5.41, 5.74) is 1.69. The summed E-state index contributed by atoms with van der Waals surface area (Å²) in [6.07, 6.45) is 1.16. The first-order valence-electron chi connectivity index (χ1n) is 5.83. The molecule has 0 N–H and O–H groups in total. The van der Waals surface area contributed by atoms with Crippen molar-refractivity contribution in [1.29, 1.82) is 0 Å². The van der Waals surface area contributed by atoms with Gasteiger partial charge in [-0.15, -0.1) is 0 Å². The number of hydrogen-bond donors (Lipinski definition) is 0. The van der Waals surface area contributed by atoms with Crippen molar-refractivity contribution in [2.45, 2.75) is 38.7 Å². The molecular weight excluding hydrogens is 216 g/mol. The smallest absolute Gasteiger partial charge is 0.337 e. The highest BCUT2D eigenvalue weighted by atomic mass is 16.5. The summed E-state index contributed by atoms with van der Waals surface area (Å²) < 4.78 is 10.5. The molecule has 0 bridgehead atoms. The van der Waals surface area contributed by atoms with Crippen LogP contribution in [0, 0.1) is 0 Å². The standard InChI is InChI=1S/C14H18O3/c1-9-8-14(2,3)11-7-10(13(15)16-4)5-6-12(11)17-9/h5-7,9H,8H2,1-4H3. The molecule has 1 aromatic carbocycles. The van der Waals surface area contributed by atoms with E-state index in [1.807, 2.05) is 12.1 Å². The lowest BCUT2D eigenvalue weighted by Gasteiger charge is -2.36. The Bertz CT molecular complexity index is 449. The van der Waals surface area contributed by atoms with Crippen LogP contribution in [0.2, 0.25) is 0 Å². The van der Waals surface area contributed by atoms with Crippen LogP contribution in [0.5, 0.6) is 5.75 Å². The third-order valence-electron chi connectivity index (χ3n) is 3.26. The molecule has 0 fully saturated rings. The summed E-state index contributed by atoms with van der Waals surface area (Å²) in [6.45, 7) is 6.41. The lowest BCUT2D eigenvalue weighted by atomic mass is 9.77. The Balaban J connectivity index is 2.47. The molecule has 0 aliphatic carbocycles. The van der Waals surface area contributed by atoms with Gasteiger partial charge in [0.15, 0.2) is 0 Å². The third kappa shape index (κ3) is 2.14. The number of carbonyl (C=O) groups excluding carboxylic acids is 1. The molecule has 1 atom stereocenters. The molecule has 0 radical (unpaired) electrons. The van der Waals surface area contributed by atoms with Crippen molar-refractivity contribution in [3.63, 3.8) is 0 Å². The fraction of sp³-hybridized carbons (Fsp3) is 0.500. The van der Waals surface area contributed by atoms with Crippen LogP contribution in [-0.4, -0.2) is 19.2 Å². The SMILES string of the molecule is COC(=O)c1ccc2c(c1)C(C)(C)CC(C)O2. The van der Waals surface area contributed by atoms with E-state index in [-0.39, 0.29) is 17.5 Å². The lowest BCUT2D eigenvalue weighted by Crippen LogP contribution is -2.32. The molecule has 1 aliphatic heterocycles. The van der Waals surface area contributed by atoms with E-state index in [2.05, 4.69) is 20.8 Å². The van der Waals surface area contributed by atoms with Crippen LogP contribution in [0.25, 0.3) is 0 Å². The van der Waals surface area contributed by atoms with Crippen molar-refractivity contribution in [2.75, 3.05) is 7.11 Å². The highest BCUT2D eigenvalue weighted by Crippen LogP contribution is 2.41. The molecule has 1 heterocycles. The Morgan fingerprint density at radius 3 is 2.82 bits per heavy atom. The number of methoxy groups -OCH3 is 1. The summed E-state index contributed by atoms with van der Waals surface area (Å²) in [5, 5.41) is 0. The molecule has 17 heavy (non-hydrogen) atoms. The zero-order valence-electron chi connectivity index (χ0n) is 10.7. The molecule has 0 saturated carbocycles. The Morgan fingerprint density at radius 1 is 1.47 bits per heavy atom. The first-order valence-corrected chi connectivity index (χ1v) is 5.83. The maximum Gasteiger partial charge on any atom is 0.337 e. The number of hydrogen-bond acceptors (Lipinski definition) is 3. The normalized spacial score (nSPS) is 21.3. The molecule has 1 aromatic rings. The molecular formula is C14H18O3. The van der Waals surface area contributed by atoms with Crippen LogP contribution in [0.4, 0.5) is 0 Å². The van der Waals surface area contributed by atoms with E-state index in [9.17, 15) is 4.79 Å². The monoisotopic (exact) mass is 234 g/mol. The predicted octanol–water partition coefficient (Wildman–Crippen LogP) is 2.92. The van der Waals surface area contributed by atoms with E-state index in [1.165, 1.54) is 7.11 Å². The van der Waals surface area contributed by atoms with Crippen molar-refractivity contribution in [3.05, 3.63) is 29.3 Å². The van der Waals surface area contributed by atoms with Crippen LogP contribution < -0.4 is 4.74 Å². The lowest BCUT2D eigenvalue weighted by molar-refractivity contribution is 0.0600. The zero-order chi connectivity index (χ0) is 12.6. The number of esters is 1. The Hall–Kier alpha value is -1.51. The second-order valence-corrected chi connectivity index (χ2v) is 5.22. The summed E-state index contributed by atoms with van der Waals surface area (Å²) >= 11 is 0. The van der Waals surface area contributed by atoms with Gasteiger partial charge in [-0.05, 0) is 37.0 Å².